The molecule has 4 amide bonds. The molecule has 1 unspecified atom stereocenters. The quantitative estimate of drug-likeness (QED) is 0.592. The second kappa shape index (κ2) is 9.84. The average molecular weight is 427 g/mol. The molecule has 1 saturated heterocycles. The minimum atomic E-state index is -0.907. The molecular weight excluding hydrogens is 402 g/mol. The van der Waals surface area contributed by atoms with Gasteiger partial charge in [0.25, 0.3) is 5.91 Å². The van der Waals surface area contributed by atoms with Crippen LogP contribution in [0.5, 0.6) is 17.2 Å². The predicted octanol–water partition coefficient (Wildman–Crippen LogP) is 1.89. The molecule has 2 aromatic carbocycles. The number of ether oxygens (including phenoxy) is 3. The highest BCUT2D eigenvalue weighted by atomic mass is 16.5. The molecule has 164 valence electrons. The van der Waals surface area contributed by atoms with E-state index >= 15 is 0 Å². The van der Waals surface area contributed by atoms with Crippen molar-refractivity contribution in [3.63, 3.8) is 0 Å². The minimum Gasteiger partial charge on any atom is -0.497 e. The van der Waals surface area contributed by atoms with Crippen molar-refractivity contribution in [1.29, 1.82) is 0 Å². The van der Waals surface area contributed by atoms with Crippen molar-refractivity contribution in [1.82, 2.24) is 10.6 Å². The SMILES string of the molecule is COc1ccc(N2C(=O)NC(CC(=O)NCCc3ccc(OC)c(OC)c3)C2=O)cc1. The van der Waals surface area contributed by atoms with Gasteiger partial charge in [0.1, 0.15) is 11.8 Å². The highest BCUT2D eigenvalue weighted by Gasteiger charge is 2.40. The first kappa shape index (κ1) is 21.9. The lowest BCUT2D eigenvalue weighted by molar-refractivity contribution is -0.125. The maximum absolute atomic E-state index is 12.6. The first-order valence-corrected chi connectivity index (χ1v) is 9.73. The Hall–Kier alpha value is -3.75. The molecule has 31 heavy (non-hydrogen) atoms. The number of amides is 4. The Morgan fingerprint density at radius 3 is 2.35 bits per heavy atom. The highest BCUT2D eigenvalue weighted by molar-refractivity contribution is 6.22. The van der Waals surface area contributed by atoms with Crippen molar-refractivity contribution < 1.29 is 28.6 Å². The first-order chi connectivity index (χ1) is 15.0. The van der Waals surface area contributed by atoms with Crippen LogP contribution in [0, 0.1) is 0 Å². The van der Waals surface area contributed by atoms with Crippen LogP contribution in [0.25, 0.3) is 0 Å². The van der Waals surface area contributed by atoms with Crippen molar-refractivity contribution in [2.45, 2.75) is 18.9 Å². The van der Waals surface area contributed by atoms with E-state index in [-0.39, 0.29) is 12.3 Å². The maximum Gasteiger partial charge on any atom is 0.329 e. The number of imide groups is 1. The Labute approximate surface area is 180 Å². The Morgan fingerprint density at radius 2 is 1.71 bits per heavy atom. The van der Waals surface area contributed by atoms with Crippen LogP contribution in [0.15, 0.2) is 42.5 Å². The molecule has 0 bridgehead atoms. The molecule has 1 heterocycles. The van der Waals surface area contributed by atoms with Gasteiger partial charge in [-0.3, -0.25) is 9.59 Å². The molecule has 2 N–H and O–H groups in total. The molecule has 3 rings (SSSR count). The number of methoxy groups -OCH3 is 3. The van der Waals surface area contributed by atoms with E-state index in [1.54, 1.807) is 44.6 Å². The van der Waals surface area contributed by atoms with Crippen LogP contribution in [0.1, 0.15) is 12.0 Å². The van der Waals surface area contributed by atoms with E-state index in [4.69, 9.17) is 14.2 Å². The van der Waals surface area contributed by atoms with E-state index in [9.17, 15) is 14.4 Å². The van der Waals surface area contributed by atoms with Crippen molar-refractivity contribution in [3.8, 4) is 17.2 Å². The van der Waals surface area contributed by atoms with Crippen LogP contribution in [-0.2, 0) is 16.0 Å². The summed E-state index contributed by atoms with van der Waals surface area (Å²) >= 11 is 0. The van der Waals surface area contributed by atoms with Gasteiger partial charge in [0.2, 0.25) is 5.91 Å². The number of benzene rings is 2. The molecule has 0 saturated carbocycles. The van der Waals surface area contributed by atoms with Gasteiger partial charge in [-0.05, 0) is 48.4 Å². The molecule has 1 aliphatic rings. The fourth-order valence-electron chi connectivity index (χ4n) is 3.29. The third-order valence-electron chi connectivity index (χ3n) is 4.92. The van der Waals surface area contributed by atoms with E-state index in [1.807, 2.05) is 12.1 Å². The summed E-state index contributed by atoms with van der Waals surface area (Å²) in [6, 6.07) is 10.6. The lowest BCUT2D eigenvalue weighted by atomic mass is 10.1. The van der Waals surface area contributed by atoms with Gasteiger partial charge in [-0.2, -0.15) is 0 Å². The Morgan fingerprint density at radius 1 is 1.00 bits per heavy atom. The van der Waals surface area contributed by atoms with Crippen LogP contribution < -0.4 is 29.7 Å². The second-order valence-corrected chi connectivity index (χ2v) is 6.87. The minimum absolute atomic E-state index is 0.136. The fourth-order valence-corrected chi connectivity index (χ4v) is 3.29. The van der Waals surface area contributed by atoms with Gasteiger partial charge in [-0.15, -0.1) is 0 Å². The fraction of sp³-hybridized carbons (Fsp3) is 0.318. The zero-order valence-corrected chi connectivity index (χ0v) is 17.6. The maximum atomic E-state index is 12.6. The Kier molecular flexibility index (Phi) is 6.96. The molecule has 9 nitrogen and oxygen atoms in total. The monoisotopic (exact) mass is 427 g/mol. The van der Waals surface area contributed by atoms with Crippen LogP contribution in [-0.4, -0.2) is 51.8 Å². The number of rotatable bonds is 9. The number of hydrogen-bond donors (Lipinski definition) is 2. The zero-order valence-electron chi connectivity index (χ0n) is 17.6. The number of hydrogen-bond acceptors (Lipinski definition) is 6. The number of nitrogens with zero attached hydrogens (tertiary/aromatic N) is 1. The molecule has 1 aliphatic heterocycles. The Balaban J connectivity index is 1.52. The van der Waals surface area contributed by atoms with E-state index in [0.29, 0.717) is 35.9 Å². The lowest BCUT2D eigenvalue weighted by Crippen LogP contribution is -2.37. The van der Waals surface area contributed by atoms with Crippen LogP contribution >= 0.6 is 0 Å². The molecule has 1 fully saturated rings. The summed E-state index contributed by atoms with van der Waals surface area (Å²) in [5.74, 6) is 1.07. The lowest BCUT2D eigenvalue weighted by Gasteiger charge is -2.13. The molecule has 2 aromatic rings. The standard InChI is InChI=1S/C22H25N3O6/c1-29-16-7-5-15(6-8-16)25-21(27)17(24-22(25)28)13-20(26)23-11-10-14-4-9-18(30-2)19(12-14)31-3/h4-9,12,17H,10-11,13H2,1-3H3,(H,23,26)(H,24,28). The third kappa shape index (κ3) is 5.06. The summed E-state index contributed by atoms with van der Waals surface area (Å²) in [4.78, 5) is 38.2. The van der Waals surface area contributed by atoms with Crippen LogP contribution in [0.4, 0.5) is 10.5 Å². The summed E-state index contributed by atoms with van der Waals surface area (Å²) in [5, 5.41) is 5.34. The first-order valence-electron chi connectivity index (χ1n) is 9.73. The summed E-state index contributed by atoms with van der Waals surface area (Å²) in [6.07, 6.45) is 0.443. The normalized spacial score (nSPS) is 15.5. The molecule has 0 aliphatic carbocycles. The van der Waals surface area contributed by atoms with E-state index in [2.05, 4.69) is 10.6 Å². The summed E-state index contributed by atoms with van der Waals surface area (Å²) < 4.78 is 15.6. The van der Waals surface area contributed by atoms with Crippen molar-refractivity contribution >= 4 is 23.5 Å². The van der Waals surface area contributed by atoms with Gasteiger partial charge >= 0.3 is 6.03 Å². The van der Waals surface area contributed by atoms with E-state index in [1.165, 1.54) is 7.11 Å². The predicted molar refractivity (Wildman–Crippen MR) is 114 cm³/mol. The van der Waals surface area contributed by atoms with E-state index < -0.39 is 18.0 Å². The summed E-state index contributed by atoms with van der Waals surface area (Å²) in [7, 11) is 4.66. The van der Waals surface area contributed by atoms with Gasteiger partial charge in [-0.25, -0.2) is 9.69 Å². The number of anilines is 1. The number of urea groups is 1. The van der Waals surface area contributed by atoms with Gasteiger partial charge in [0, 0.05) is 6.54 Å². The molecule has 1 atom stereocenters. The van der Waals surface area contributed by atoms with Crippen molar-refractivity contribution in [2.24, 2.45) is 0 Å². The van der Waals surface area contributed by atoms with Gasteiger partial charge in [-0.1, -0.05) is 6.07 Å². The largest absolute Gasteiger partial charge is 0.497 e. The van der Waals surface area contributed by atoms with Crippen LogP contribution in [0.2, 0.25) is 0 Å². The third-order valence-corrected chi connectivity index (χ3v) is 4.92. The van der Waals surface area contributed by atoms with Gasteiger partial charge in [0.15, 0.2) is 11.5 Å². The van der Waals surface area contributed by atoms with Gasteiger partial charge < -0.3 is 24.8 Å². The van der Waals surface area contributed by atoms with Crippen molar-refractivity contribution in [2.75, 3.05) is 32.8 Å². The molecule has 9 heteroatoms. The molecule has 0 radical (unpaired) electrons. The average Bonchev–Trinajstić information content (AvgIpc) is 3.06. The number of carbonyl (C=O) groups excluding carboxylic acids is 3. The van der Waals surface area contributed by atoms with Crippen molar-refractivity contribution in [3.05, 3.63) is 48.0 Å². The topological polar surface area (TPSA) is 106 Å². The highest BCUT2D eigenvalue weighted by Crippen LogP contribution is 2.27. The number of nitrogens with one attached hydrogen (secondary N) is 2. The number of carbonyl (C=O) groups is 3. The zero-order chi connectivity index (χ0) is 22.4. The molecule has 0 spiro atoms. The van der Waals surface area contributed by atoms with E-state index in [0.717, 1.165) is 10.5 Å². The second-order valence-electron chi connectivity index (χ2n) is 6.87. The van der Waals surface area contributed by atoms with Crippen LogP contribution in [0.3, 0.4) is 0 Å². The van der Waals surface area contributed by atoms with Gasteiger partial charge in [0.05, 0.1) is 33.4 Å². The summed E-state index contributed by atoms with van der Waals surface area (Å²) in [5.41, 5.74) is 1.38. The molecule has 0 aromatic heterocycles. The Bertz CT molecular complexity index is 960. The smallest absolute Gasteiger partial charge is 0.329 e. The molecular formula is C22H25N3O6. The summed E-state index contributed by atoms with van der Waals surface area (Å²) in [6.45, 7) is 0.380.